The third-order valence-corrected chi connectivity index (χ3v) is 2.53. The van der Waals surface area contributed by atoms with Gasteiger partial charge in [-0.05, 0) is 31.0 Å². The normalized spacial score (nSPS) is 10.4. The Bertz CT molecular complexity index is 503. The third kappa shape index (κ3) is 1.29. The van der Waals surface area contributed by atoms with Gasteiger partial charge in [-0.2, -0.15) is 0 Å². The molecule has 1 aromatic carbocycles. The van der Waals surface area contributed by atoms with Crippen molar-refractivity contribution in [1.29, 1.82) is 0 Å². The molecule has 0 spiro atoms. The predicted molar refractivity (Wildman–Crippen MR) is 56.6 cm³/mol. The van der Waals surface area contributed by atoms with Gasteiger partial charge in [0, 0.05) is 5.39 Å². The van der Waals surface area contributed by atoms with Gasteiger partial charge in [-0.15, -0.1) is 0 Å². The van der Waals surface area contributed by atoms with Gasteiger partial charge in [0.2, 0.25) is 0 Å². The van der Waals surface area contributed by atoms with Crippen molar-refractivity contribution in [2.24, 2.45) is 0 Å². The minimum absolute atomic E-state index is 0.492. The Hall–Kier alpha value is -1.70. The van der Waals surface area contributed by atoms with Crippen LogP contribution in [0.2, 0.25) is 0 Å². The first-order chi connectivity index (χ1) is 6.72. The van der Waals surface area contributed by atoms with Gasteiger partial charge in [-0.3, -0.25) is 4.79 Å². The summed E-state index contributed by atoms with van der Waals surface area (Å²) >= 11 is 0. The van der Waals surface area contributed by atoms with Crippen LogP contribution in [0.5, 0.6) is 0 Å². The molecule has 0 bridgehead atoms. The van der Waals surface area contributed by atoms with E-state index >= 15 is 0 Å². The van der Waals surface area contributed by atoms with Crippen LogP contribution in [0.15, 0.2) is 24.3 Å². The van der Waals surface area contributed by atoms with E-state index in [0.717, 1.165) is 22.8 Å². The molecule has 0 saturated carbocycles. The van der Waals surface area contributed by atoms with Gasteiger partial charge >= 0.3 is 0 Å². The summed E-state index contributed by atoms with van der Waals surface area (Å²) in [5.41, 5.74) is 3.76. The SMILES string of the molecule is Cc1ccc2ccc(C=O)nc2c1C. The molecule has 0 amide bonds. The van der Waals surface area contributed by atoms with Crippen molar-refractivity contribution in [3.05, 3.63) is 41.1 Å². The zero-order valence-corrected chi connectivity index (χ0v) is 8.24. The highest BCUT2D eigenvalue weighted by Crippen LogP contribution is 2.19. The minimum Gasteiger partial charge on any atom is -0.296 e. The van der Waals surface area contributed by atoms with Gasteiger partial charge in [0.25, 0.3) is 0 Å². The maximum atomic E-state index is 10.6. The summed E-state index contributed by atoms with van der Waals surface area (Å²) in [6.07, 6.45) is 0.779. The molecule has 0 saturated heterocycles. The molecule has 2 rings (SSSR count). The fourth-order valence-electron chi connectivity index (χ4n) is 1.51. The van der Waals surface area contributed by atoms with E-state index in [2.05, 4.69) is 11.1 Å². The maximum Gasteiger partial charge on any atom is 0.168 e. The second kappa shape index (κ2) is 3.22. The average molecular weight is 185 g/mol. The molecule has 14 heavy (non-hydrogen) atoms. The van der Waals surface area contributed by atoms with Crippen molar-refractivity contribution in [3.8, 4) is 0 Å². The molecule has 0 fully saturated rings. The number of carbonyl (C=O) groups excluding carboxylic acids is 1. The van der Waals surface area contributed by atoms with E-state index in [9.17, 15) is 4.79 Å². The summed E-state index contributed by atoms with van der Waals surface area (Å²) in [5.74, 6) is 0. The summed E-state index contributed by atoms with van der Waals surface area (Å²) in [6, 6.07) is 7.77. The second-order valence-electron chi connectivity index (χ2n) is 3.43. The number of pyridine rings is 1. The Kier molecular flexibility index (Phi) is 2.04. The van der Waals surface area contributed by atoms with E-state index in [1.165, 1.54) is 5.56 Å². The van der Waals surface area contributed by atoms with Crippen molar-refractivity contribution in [3.63, 3.8) is 0 Å². The van der Waals surface area contributed by atoms with Crippen molar-refractivity contribution in [2.45, 2.75) is 13.8 Å². The summed E-state index contributed by atoms with van der Waals surface area (Å²) in [7, 11) is 0. The molecule has 70 valence electrons. The van der Waals surface area contributed by atoms with Crippen LogP contribution < -0.4 is 0 Å². The number of hydrogen-bond donors (Lipinski definition) is 0. The fourth-order valence-corrected chi connectivity index (χ4v) is 1.51. The molecule has 0 atom stereocenters. The molecule has 1 aromatic heterocycles. The fraction of sp³-hybridized carbons (Fsp3) is 0.167. The van der Waals surface area contributed by atoms with Gasteiger partial charge in [0.1, 0.15) is 5.69 Å². The molecular formula is C12H11NO. The van der Waals surface area contributed by atoms with E-state index < -0.39 is 0 Å². The Morgan fingerprint density at radius 2 is 1.86 bits per heavy atom. The maximum absolute atomic E-state index is 10.6. The third-order valence-electron chi connectivity index (χ3n) is 2.53. The van der Waals surface area contributed by atoms with E-state index in [4.69, 9.17) is 0 Å². The van der Waals surface area contributed by atoms with Crippen LogP contribution in [-0.2, 0) is 0 Å². The van der Waals surface area contributed by atoms with Gasteiger partial charge in [0.15, 0.2) is 6.29 Å². The summed E-state index contributed by atoms with van der Waals surface area (Å²) < 4.78 is 0. The smallest absolute Gasteiger partial charge is 0.168 e. The standard InChI is InChI=1S/C12H11NO/c1-8-3-4-10-5-6-11(7-14)13-12(10)9(8)2/h3-7H,1-2H3. The lowest BCUT2D eigenvalue weighted by molar-refractivity contribution is 0.111. The first kappa shape index (κ1) is 8.88. The van der Waals surface area contributed by atoms with Crippen molar-refractivity contribution < 1.29 is 4.79 Å². The summed E-state index contributed by atoms with van der Waals surface area (Å²) in [5, 5.41) is 1.08. The average Bonchev–Trinajstić information content (AvgIpc) is 2.23. The van der Waals surface area contributed by atoms with Gasteiger partial charge in [-0.1, -0.05) is 18.2 Å². The first-order valence-corrected chi connectivity index (χ1v) is 4.54. The first-order valence-electron chi connectivity index (χ1n) is 4.54. The van der Waals surface area contributed by atoms with Crippen LogP contribution >= 0.6 is 0 Å². The van der Waals surface area contributed by atoms with Crippen molar-refractivity contribution in [2.75, 3.05) is 0 Å². The number of carbonyl (C=O) groups is 1. The molecule has 2 aromatic rings. The topological polar surface area (TPSA) is 30.0 Å². The van der Waals surface area contributed by atoms with Crippen molar-refractivity contribution in [1.82, 2.24) is 4.98 Å². The predicted octanol–water partition coefficient (Wildman–Crippen LogP) is 2.66. The summed E-state index contributed by atoms with van der Waals surface area (Å²) in [6.45, 7) is 4.07. The van der Waals surface area contributed by atoms with Crippen molar-refractivity contribution >= 4 is 17.2 Å². The van der Waals surface area contributed by atoms with Crippen LogP contribution in [0.1, 0.15) is 21.6 Å². The highest BCUT2D eigenvalue weighted by Gasteiger charge is 2.02. The Morgan fingerprint density at radius 1 is 1.14 bits per heavy atom. The molecule has 0 unspecified atom stereocenters. The number of benzene rings is 1. The molecule has 1 heterocycles. The number of aldehydes is 1. The lowest BCUT2D eigenvalue weighted by Crippen LogP contribution is -1.91. The van der Waals surface area contributed by atoms with Crippen LogP contribution in [-0.4, -0.2) is 11.3 Å². The Labute approximate surface area is 82.6 Å². The molecule has 0 aliphatic carbocycles. The van der Waals surface area contributed by atoms with Gasteiger partial charge < -0.3 is 0 Å². The number of rotatable bonds is 1. The number of hydrogen-bond acceptors (Lipinski definition) is 2. The lowest BCUT2D eigenvalue weighted by atomic mass is 10.1. The molecular weight excluding hydrogens is 174 g/mol. The van der Waals surface area contributed by atoms with Gasteiger partial charge in [-0.25, -0.2) is 4.98 Å². The van der Waals surface area contributed by atoms with E-state index in [0.29, 0.717) is 5.69 Å². The minimum atomic E-state index is 0.492. The highest BCUT2D eigenvalue weighted by molar-refractivity contribution is 5.86. The number of aryl methyl sites for hydroxylation is 2. The number of nitrogens with zero attached hydrogens (tertiary/aromatic N) is 1. The molecule has 2 nitrogen and oxygen atoms in total. The monoisotopic (exact) mass is 185 g/mol. The molecule has 0 radical (unpaired) electrons. The molecule has 2 heteroatoms. The van der Waals surface area contributed by atoms with Crippen LogP contribution in [0, 0.1) is 13.8 Å². The second-order valence-corrected chi connectivity index (χ2v) is 3.43. The van der Waals surface area contributed by atoms with Crippen LogP contribution in [0.3, 0.4) is 0 Å². The largest absolute Gasteiger partial charge is 0.296 e. The zero-order valence-electron chi connectivity index (χ0n) is 8.24. The number of aromatic nitrogens is 1. The quantitative estimate of drug-likeness (QED) is 0.639. The van der Waals surface area contributed by atoms with Crippen LogP contribution in [0.25, 0.3) is 10.9 Å². The lowest BCUT2D eigenvalue weighted by Gasteiger charge is -2.04. The molecule has 0 aliphatic heterocycles. The van der Waals surface area contributed by atoms with E-state index in [1.54, 1.807) is 6.07 Å². The van der Waals surface area contributed by atoms with Crippen LogP contribution in [0.4, 0.5) is 0 Å². The molecule has 0 aliphatic rings. The van der Waals surface area contributed by atoms with Gasteiger partial charge in [0.05, 0.1) is 5.52 Å². The Morgan fingerprint density at radius 3 is 2.57 bits per heavy atom. The Balaban J connectivity index is 2.84. The van der Waals surface area contributed by atoms with E-state index in [1.807, 2.05) is 26.0 Å². The highest BCUT2D eigenvalue weighted by atomic mass is 16.1. The number of fused-ring (bicyclic) bond motifs is 1. The zero-order chi connectivity index (χ0) is 10.1. The molecule has 0 N–H and O–H groups in total. The van der Waals surface area contributed by atoms with E-state index in [-0.39, 0.29) is 0 Å². The summed E-state index contributed by atoms with van der Waals surface area (Å²) in [4.78, 5) is 14.9.